The summed E-state index contributed by atoms with van der Waals surface area (Å²) in [7, 11) is 0. The van der Waals surface area contributed by atoms with Gasteiger partial charge in [-0.2, -0.15) is 10.1 Å². The number of hydrazone groups is 1. The molecule has 0 radical (unpaired) electrons. The second-order valence-electron chi connectivity index (χ2n) is 10.3. The number of amidine groups is 1. The normalized spacial score (nSPS) is 13.5. The zero-order chi connectivity index (χ0) is 33.3. The monoisotopic (exact) mass is 685 g/mol. The van der Waals surface area contributed by atoms with Gasteiger partial charge in [-0.3, -0.25) is 19.2 Å². The van der Waals surface area contributed by atoms with Gasteiger partial charge < -0.3 is 16.0 Å². The second-order valence-corrected chi connectivity index (χ2v) is 12.4. The number of anilines is 2. The van der Waals surface area contributed by atoms with Crippen LogP contribution >= 0.6 is 35.0 Å². The number of halogens is 2. The fourth-order valence-corrected chi connectivity index (χ4v) is 6.08. The lowest BCUT2D eigenvalue weighted by Gasteiger charge is -2.16. The molecule has 12 heteroatoms. The van der Waals surface area contributed by atoms with Gasteiger partial charge in [-0.05, 0) is 67.1 Å². The number of rotatable bonds is 10. The van der Waals surface area contributed by atoms with E-state index in [2.05, 4.69) is 21.1 Å². The van der Waals surface area contributed by atoms with Crippen LogP contribution in [-0.2, 0) is 14.4 Å². The van der Waals surface area contributed by atoms with Crippen molar-refractivity contribution in [3.8, 4) is 0 Å². The molecule has 0 spiro atoms. The third kappa shape index (κ3) is 8.68. The summed E-state index contributed by atoms with van der Waals surface area (Å²) in [6.07, 6.45) is 1.90. The van der Waals surface area contributed by atoms with Crippen molar-refractivity contribution in [2.24, 2.45) is 5.10 Å². The average Bonchev–Trinajstić information content (AvgIpc) is 3.44. The molecule has 1 atom stereocenters. The highest BCUT2D eigenvalue weighted by Gasteiger charge is 2.28. The summed E-state index contributed by atoms with van der Waals surface area (Å²) in [5, 5.41) is 14.0. The smallest absolute Gasteiger partial charge is 0.272 e. The van der Waals surface area contributed by atoms with E-state index in [0.29, 0.717) is 43.9 Å². The number of nitrogens with one attached hydrogen (secondary N) is 3. The zero-order valence-electron chi connectivity index (χ0n) is 25.1. The quantitative estimate of drug-likeness (QED) is 0.121. The molecule has 238 valence electrons. The van der Waals surface area contributed by atoms with Gasteiger partial charge >= 0.3 is 0 Å². The van der Waals surface area contributed by atoms with Crippen LogP contribution in [0, 0.1) is 0 Å². The molecule has 0 aliphatic carbocycles. The first-order chi connectivity index (χ1) is 22.7. The molecule has 0 bridgehead atoms. The number of carbonyl (C=O) groups is 4. The van der Waals surface area contributed by atoms with Crippen molar-refractivity contribution < 1.29 is 19.2 Å². The third-order valence-electron chi connectivity index (χ3n) is 6.89. The predicted molar refractivity (Wildman–Crippen MR) is 187 cm³/mol. The number of para-hydroxylation sites is 1. The lowest BCUT2D eigenvalue weighted by atomic mass is 10.1. The lowest BCUT2D eigenvalue weighted by molar-refractivity contribution is -0.119. The summed E-state index contributed by atoms with van der Waals surface area (Å²) in [5.41, 5.74) is 1.71. The first-order valence-corrected chi connectivity index (χ1v) is 16.2. The molecule has 5 rings (SSSR count). The summed E-state index contributed by atoms with van der Waals surface area (Å²) in [6, 6.07) is 29.4. The largest absolute Gasteiger partial charge is 0.321 e. The fraction of sp³-hybridized carbons (Fsp3) is 0.114. The van der Waals surface area contributed by atoms with Crippen LogP contribution in [-0.4, -0.2) is 34.7 Å². The maximum atomic E-state index is 13.6. The molecule has 3 N–H and O–H groups in total. The Bertz CT molecular complexity index is 1850. The SMILES string of the molecule is CCC(Sc1cccc(NC(=O)/C(=C\c2c(Cl)cccc2Cl)NC(=O)c2ccccc2)c1)C(=O)NC1=NN(c2ccccc2)C(=O)C1. The van der Waals surface area contributed by atoms with Crippen LogP contribution in [0.15, 0.2) is 119 Å². The standard InChI is InChI=1S/C35H29Cl2N5O4S/c1-2-30(35(46)40-31-21-32(43)42(41-31)24-14-7-4-8-15-24)47-25-16-9-13-23(19-25)38-34(45)29(20-26-27(36)17-10-18-28(26)37)39-33(44)22-11-5-3-6-12-22/h3-20,30H,2,21H2,1H3,(H,38,45)(H,39,44)(H,40,41,46)/b29-20+. The molecule has 9 nitrogen and oxygen atoms in total. The molecule has 4 aromatic rings. The number of carbonyl (C=O) groups excluding carboxylic acids is 4. The van der Waals surface area contributed by atoms with Crippen LogP contribution in [0.1, 0.15) is 35.7 Å². The zero-order valence-corrected chi connectivity index (χ0v) is 27.4. The number of hydrogen-bond acceptors (Lipinski definition) is 6. The summed E-state index contributed by atoms with van der Waals surface area (Å²) in [6.45, 7) is 1.88. The van der Waals surface area contributed by atoms with Gasteiger partial charge in [0, 0.05) is 31.8 Å². The molecule has 1 unspecified atom stereocenters. The maximum absolute atomic E-state index is 13.6. The molecule has 1 heterocycles. The molecule has 0 saturated carbocycles. The Kier molecular flexibility index (Phi) is 11.1. The minimum absolute atomic E-state index is 0.0146. The van der Waals surface area contributed by atoms with Gasteiger partial charge in [0.1, 0.15) is 11.5 Å². The van der Waals surface area contributed by atoms with Crippen molar-refractivity contribution in [1.82, 2.24) is 10.6 Å². The summed E-state index contributed by atoms with van der Waals surface area (Å²) < 4.78 is 0. The molecule has 47 heavy (non-hydrogen) atoms. The predicted octanol–water partition coefficient (Wildman–Crippen LogP) is 7.14. The van der Waals surface area contributed by atoms with E-state index in [1.807, 2.05) is 19.1 Å². The Labute approximate surface area is 286 Å². The third-order valence-corrected chi connectivity index (χ3v) is 8.91. The Hall–Kier alpha value is -4.90. The Balaban J connectivity index is 1.30. The van der Waals surface area contributed by atoms with Crippen molar-refractivity contribution in [1.29, 1.82) is 0 Å². The summed E-state index contributed by atoms with van der Waals surface area (Å²) >= 11 is 14.0. The number of thioether (sulfide) groups is 1. The lowest BCUT2D eigenvalue weighted by Crippen LogP contribution is -2.36. The van der Waals surface area contributed by atoms with Gasteiger partial charge in [0.15, 0.2) is 0 Å². The fourth-order valence-electron chi connectivity index (χ4n) is 4.56. The average molecular weight is 687 g/mol. The van der Waals surface area contributed by atoms with E-state index in [4.69, 9.17) is 23.2 Å². The highest BCUT2D eigenvalue weighted by molar-refractivity contribution is 8.00. The Morgan fingerprint density at radius 1 is 0.894 bits per heavy atom. The molecule has 0 fully saturated rings. The van der Waals surface area contributed by atoms with Crippen molar-refractivity contribution in [3.05, 3.63) is 130 Å². The van der Waals surface area contributed by atoms with Gasteiger partial charge in [0.25, 0.3) is 17.7 Å². The van der Waals surface area contributed by atoms with Gasteiger partial charge in [0.05, 0.1) is 17.4 Å². The van der Waals surface area contributed by atoms with Crippen LogP contribution in [0.2, 0.25) is 10.0 Å². The van der Waals surface area contributed by atoms with Gasteiger partial charge in [-0.1, -0.05) is 78.7 Å². The highest BCUT2D eigenvalue weighted by atomic mass is 35.5. The highest BCUT2D eigenvalue weighted by Crippen LogP contribution is 2.30. The van der Waals surface area contributed by atoms with Crippen LogP contribution in [0.25, 0.3) is 6.08 Å². The van der Waals surface area contributed by atoms with E-state index < -0.39 is 17.1 Å². The van der Waals surface area contributed by atoms with Crippen LogP contribution in [0.5, 0.6) is 0 Å². The summed E-state index contributed by atoms with van der Waals surface area (Å²) in [4.78, 5) is 53.0. The number of hydrogen-bond donors (Lipinski definition) is 3. The Morgan fingerprint density at radius 3 is 2.23 bits per heavy atom. The molecule has 0 aromatic heterocycles. The number of benzene rings is 4. The molecule has 4 amide bonds. The van der Waals surface area contributed by atoms with E-state index in [9.17, 15) is 19.2 Å². The van der Waals surface area contributed by atoms with Gasteiger partial charge in [-0.25, -0.2) is 0 Å². The van der Waals surface area contributed by atoms with E-state index in [-0.39, 0.29) is 29.8 Å². The summed E-state index contributed by atoms with van der Waals surface area (Å²) in [5.74, 6) is -1.35. The first kappa shape index (κ1) is 33.5. The van der Waals surface area contributed by atoms with E-state index in [1.165, 1.54) is 22.8 Å². The van der Waals surface area contributed by atoms with Crippen LogP contribution in [0.3, 0.4) is 0 Å². The van der Waals surface area contributed by atoms with Crippen LogP contribution in [0.4, 0.5) is 11.4 Å². The molecular formula is C35H29Cl2N5O4S. The molecule has 1 aliphatic rings. The van der Waals surface area contributed by atoms with Gasteiger partial charge in [-0.15, -0.1) is 11.8 Å². The molecule has 0 saturated heterocycles. The van der Waals surface area contributed by atoms with Crippen molar-refractivity contribution in [3.63, 3.8) is 0 Å². The van der Waals surface area contributed by atoms with Crippen molar-refractivity contribution in [2.45, 2.75) is 29.9 Å². The van der Waals surface area contributed by atoms with E-state index in [1.54, 1.807) is 91.0 Å². The first-order valence-electron chi connectivity index (χ1n) is 14.6. The minimum Gasteiger partial charge on any atom is -0.321 e. The second kappa shape index (κ2) is 15.6. The van der Waals surface area contributed by atoms with Crippen LogP contribution < -0.4 is 21.0 Å². The number of amides is 4. The maximum Gasteiger partial charge on any atom is 0.272 e. The molecule has 4 aromatic carbocycles. The topological polar surface area (TPSA) is 120 Å². The van der Waals surface area contributed by atoms with Crippen molar-refractivity contribution in [2.75, 3.05) is 10.3 Å². The molecular weight excluding hydrogens is 657 g/mol. The van der Waals surface area contributed by atoms with E-state index in [0.717, 1.165) is 0 Å². The Morgan fingerprint density at radius 2 is 1.55 bits per heavy atom. The van der Waals surface area contributed by atoms with Gasteiger partial charge in [0.2, 0.25) is 5.91 Å². The minimum atomic E-state index is -0.607. The molecule has 1 aliphatic heterocycles. The number of nitrogens with zero attached hydrogens (tertiary/aromatic N) is 2. The van der Waals surface area contributed by atoms with E-state index >= 15 is 0 Å². The van der Waals surface area contributed by atoms with Crippen molar-refractivity contribution >= 4 is 81.9 Å².